The van der Waals surface area contributed by atoms with Gasteiger partial charge in [0.1, 0.15) is 4.90 Å². The van der Waals surface area contributed by atoms with Crippen molar-refractivity contribution in [2.45, 2.75) is 30.4 Å². The van der Waals surface area contributed by atoms with Gasteiger partial charge in [0.15, 0.2) is 0 Å². The zero-order valence-corrected chi connectivity index (χ0v) is 14.4. The molecule has 3 rings (SSSR count). The highest BCUT2D eigenvalue weighted by Crippen LogP contribution is 2.30. The van der Waals surface area contributed by atoms with Crippen molar-refractivity contribution in [2.75, 3.05) is 33.3 Å². The molecule has 122 valence electrons. The number of benzene rings is 1. The zero-order chi connectivity index (χ0) is 15.9. The van der Waals surface area contributed by atoms with Gasteiger partial charge in [0.25, 0.3) is 0 Å². The number of hydrogen-bond acceptors (Lipinski definition) is 4. The van der Waals surface area contributed by atoms with Gasteiger partial charge < -0.3 is 4.74 Å². The third kappa shape index (κ3) is 2.90. The van der Waals surface area contributed by atoms with E-state index in [9.17, 15) is 8.42 Å². The molecule has 0 bridgehead atoms. The van der Waals surface area contributed by atoms with Crippen LogP contribution in [0.3, 0.4) is 0 Å². The number of aryl methyl sites for hydroxylation is 1. The van der Waals surface area contributed by atoms with Crippen LogP contribution in [0.2, 0.25) is 5.02 Å². The minimum Gasteiger partial charge on any atom is -0.375 e. The van der Waals surface area contributed by atoms with Gasteiger partial charge in [-0.1, -0.05) is 17.7 Å². The number of likely N-dealkylation sites (N-methyl/N-ethyl adjacent to an activating group) is 1. The van der Waals surface area contributed by atoms with Gasteiger partial charge in [-0.2, -0.15) is 4.31 Å². The van der Waals surface area contributed by atoms with Crippen LogP contribution in [0.4, 0.5) is 0 Å². The smallest absolute Gasteiger partial charge is 0.244 e. The van der Waals surface area contributed by atoms with Gasteiger partial charge in [-0.3, -0.25) is 4.90 Å². The summed E-state index contributed by atoms with van der Waals surface area (Å²) in [6, 6.07) is 5.22. The second kappa shape index (κ2) is 6.09. The van der Waals surface area contributed by atoms with Gasteiger partial charge in [0.05, 0.1) is 17.7 Å². The van der Waals surface area contributed by atoms with Crippen LogP contribution in [0, 0.1) is 6.92 Å². The van der Waals surface area contributed by atoms with Crippen LogP contribution in [0.5, 0.6) is 0 Å². The Kier molecular flexibility index (Phi) is 4.49. The van der Waals surface area contributed by atoms with Gasteiger partial charge in [0.2, 0.25) is 10.0 Å². The average molecular weight is 345 g/mol. The molecular formula is C15H21ClN2O3S. The van der Waals surface area contributed by atoms with Gasteiger partial charge in [-0.25, -0.2) is 8.42 Å². The maximum Gasteiger partial charge on any atom is 0.244 e. The van der Waals surface area contributed by atoms with Gasteiger partial charge in [-0.05, 0) is 38.1 Å². The van der Waals surface area contributed by atoms with Crippen LogP contribution < -0.4 is 0 Å². The lowest BCUT2D eigenvalue weighted by Gasteiger charge is -2.45. The van der Waals surface area contributed by atoms with Gasteiger partial charge in [0, 0.05) is 25.7 Å². The van der Waals surface area contributed by atoms with Crippen LogP contribution in [0.1, 0.15) is 12.0 Å². The molecule has 2 heterocycles. The van der Waals surface area contributed by atoms with Crippen LogP contribution in [0.25, 0.3) is 0 Å². The molecule has 2 fully saturated rings. The fourth-order valence-electron chi connectivity index (χ4n) is 3.18. The summed E-state index contributed by atoms with van der Waals surface area (Å²) < 4.78 is 33.2. The Morgan fingerprint density at radius 3 is 2.86 bits per heavy atom. The lowest BCUT2D eigenvalue weighted by molar-refractivity contribution is -0.0840. The molecule has 0 spiro atoms. The van der Waals surface area contributed by atoms with E-state index < -0.39 is 10.0 Å². The minimum absolute atomic E-state index is 0.112. The van der Waals surface area contributed by atoms with Crippen molar-refractivity contribution < 1.29 is 13.2 Å². The van der Waals surface area contributed by atoms with Crippen molar-refractivity contribution in [2.24, 2.45) is 0 Å². The van der Waals surface area contributed by atoms with Crippen LogP contribution in [-0.2, 0) is 14.8 Å². The normalized spacial score (nSPS) is 27.6. The molecule has 0 aromatic heterocycles. The monoisotopic (exact) mass is 344 g/mol. The first-order chi connectivity index (χ1) is 10.4. The number of fused-ring (bicyclic) bond motifs is 1. The number of nitrogens with zero attached hydrogens (tertiary/aromatic N) is 2. The molecule has 1 aromatic rings. The molecule has 2 saturated heterocycles. The Morgan fingerprint density at radius 2 is 2.09 bits per heavy atom. The van der Waals surface area contributed by atoms with Gasteiger partial charge >= 0.3 is 0 Å². The number of piperidine rings is 1. The van der Waals surface area contributed by atoms with Crippen molar-refractivity contribution in [3.05, 3.63) is 28.8 Å². The first kappa shape index (κ1) is 16.2. The number of morpholine rings is 1. The molecule has 2 aliphatic heterocycles. The molecule has 0 unspecified atom stereocenters. The lowest BCUT2D eigenvalue weighted by atomic mass is 10.0. The van der Waals surface area contributed by atoms with Crippen LogP contribution >= 0.6 is 11.6 Å². The van der Waals surface area contributed by atoms with E-state index in [1.54, 1.807) is 16.4 Å². The van der Waals surface area contributed by atoms with Crippen LogP contribution in [0.15, 0.2) is 23.1 Å². The molecule has 5 nitrogen and oxygen atoms in total. The van der Waals surface area contributed by atoms with E-state index >= 15 is 0 Å². The highest BCUT2D eigenvalue weighted by Gasteiger charge is 2.40. The Hall–Kier alpha value is -0.660. The quantitative estimate of drug-likeness (QED) is 0.820. The van der Waals surface area contributed by atoms with Crippen molar-refractivity contribution >= 4 is 21.6 Å². The van der Waals surface area contributed by atoms with E-state index in [2.05, 4.69) is 4.90 Å². The highest BCUT2D eigenvalue weighted by molar-refractivity contribution is 7.89. The predicted molar refractivity (Wildman–Crippen MR) is 85.7 cm³/mol. The maximum absolute atomic E-state index is 12.9. The summed E-state index contributed by atoms with van der Waals surface area (Å²) in [4.78, 5) is 2.39. The molecule has 0 saturated carbocycles. The fourth-order valence-corrected chi connectivity index (χ4v) is 5.21. The summed E-state index contributed by atoms with van der Waals surface area (Å²) >= 11 is 6.13. The van der Waals surface area contributed by atoms with Crippen molar-refractivity contribution in [3.63, 3.8) is 0 Å². The molecule has 22 heavy (non-hydrogen) atoms. The predicted octanol–water partition coefficient (Wildman–Crippen LogP) is 1.74. The largest absolute Gasteiger partial charge is 0.375 e. The fraction of sp³-hybridized carbons (Fsp3) is 0.600. The Morgan fingerprint density at radius 1 is 1.32 bits per heavy atom. The summed E-state index contributed by atoms with van der Waals surface area (Å²) in [7, 11) is -1.55. The topological polar surface area (TPSA) is 49.9 Å². The molecule has 0 radical (unpaired) electrons. The summed E-state index contributed by atoms with van der Waals surface area (Å²) in [5.41, 5.74) is 0.885. The Labute approximate surface area is 136 Å². The summed E-state index contributed by atoms with van der Waals surface area (Å²) in [6.45, 7) is 4.34. The van der Waals surface area contributed by atoms with Gasteiger partial charge in [-0.15, -0.1) is 0 Å². The lowest BCUT2D eigenvalue weighted by Crippen LogP contribution is -2.59. The van der Waals surface area contributed by atoms with E-state index in [1.165, 1.54) is 0 Å². The van der Waals surface area contributed by atoms with E-state index in [4.69, 9.17) is 16.3 Å². The number of rotatable bonds is 2. The number of hydrogen-bond donors (Lipinski definition) is 0. The number of halogens is 1. The molecular weight excluding hydrogens is 324 g/mol. The Bertz CT molecular complexity index is 665. The zero-order valence-electron chi connectivity index (χ0n) is 12.8. The summed E-state index contributed by atoms with van der Waals surface area (Å²) in [6.07, 6.45) is 0.843. The molecule has 2 atom stereocenters. The van der Waals surface area contributed by atoms with E-state index in [-0.39, 0.29) is 22.1 Å². The maximum atomic E-state index is 12.9. The standard InChI is InChI=1S/C15H21ClN2O3S/c1-11-3-4-12(16)15(9-11)22(19,20)18-6-5-14-13(10-18)17(2)7-8-21-14/h3-4,9,13-14H,5-8,10H2,1-2H3/t13-,14-/m0/s1. The van der Waals surface area contributed by atoms with Crippen LogP contribution in [-0.4, -0.2) is 63.1 Å². The van der Waals surface area contributed by atoms with E-state index in [0.717, 1.165) is 18.5 Å². The first-order valence-corrected chi connectivity index (χ1v) is 9.29. The number of ether oxygens (including phenoxy) is 1. The molecule has 2 aliphatic rings. The SMILES string of the molecule is Cc1ccc(Cl)c(S(=O)(=O)N2CC[C@@H]3OCCN(C)[C@H]3C2)c1. The second-order valence-electron chi connectivity index (χ2n) is 6.04. The van der Waals surface area contributed by atoms with E-state index in [0.29, 0.717) is 19.7 Å². The molecule has 0 N–H and O–H groups in total. The molecule has 0 aliphatic carbocycles. The average Bonchev–Trinajstić information content (AvgIpc) is 2.49. The minimum atomic E-state index is -3.57. The highest BCUT2D eigenvalue weighted by atomic mass is 35.5. The summed E-state index contributed by atoms with van der Waals surface area (Å²) in [5.74, 6) is 0. The van der Waals surface area contributed by atoms with Crippen molar-refractivity contribution in [3.8, 4) is 0 Å². The third-order valence-electron chi connectivity index (χ3n) is 4.53. The molecule has 0 amide bonds. The Balaban J connectivity index is 1.88. The molecule has 7 heteroatoms. The molecule has 1 aromatic carbocycles. The van der Waals surface area contributed by atoms with E-state index in [1.807, 2.05) is 20.0 Å². The third-order valence-corrected chi connectivity index (χ3v) is 6.88. The first-order valence-electron chi connectivity index (χ1n) is 7.48. The van der Waals surface area contributed by atoms with Crippen molar-refractivity contribution in [1.82, 2.24) is 9.21 Å². The number of sulfonamides is 1. The van der Waals surface area contributed by atoms with Crippen molar-refractivity contribution in [1.29, 1.82) is 0 Å². The second-order valence-corrected chi connectivity index (χ2v) is 8.36. The summed E-state index contributed by atoms with van der Waals surface area (Å²) in [5, 5.41) is 0.279.